The molecule has 5 nitrogen and oxygen atoms in total. The molecule has 34 heavy (non-hydrogen) atoms. The first kappa shape index (κ1) is 22.3. The second kappa shape index (κ2) is 9.41. The molecule has 4 atom stereocenters. The summed E-state index contributed by atoms with van der Waals surface area (Å²) in [7, 11) is 0. The Kier molecular flexibility index (Phi) is 6.18. The maximum Gasteiger partial charge on any atom is 0.236 e. The normalized spacial score (nSPS) is 24.1. The standard InChI is InChI=1S/C29H31N3O2/c1-18(2)24-26(20-12-7-5-8-13-20)33-28(31-24)22-16-11-17-23(30-22)29-32-25(19(3)4)27(34-29)21-14-9-6-10-15-21/h5-19,24-27H,1-4H3/t24-,25-,26+,27+/m0/s1. The van der Waals surface area contributed by atoms with Crippen molar-refractivity contribution in [3.8, 4) is 0 Å². The van der Waals surface area contributed by atoms with Gasteiger partial charge in [0.2, 0.25) is 11.8 Å². The van der Waals surface area contributed by atoms with Crippen molar-refractivity contribution in [1.82, 2.24) is 4.98 Å². The lowest BCUT2D eigenvalue weighted by Gasteiger charge is -2.20. The number of rotatable bonds is 6. The van der Waals surface area contributed by atoms with Gasteiger partial charge < -0.3 is 9.47 Å². The van der Waals surface area contributed by atoms with Gasteiger partial charge in [0, 0.05) is 0 Å². The average Bonchev–Trinajstić information content (AvgIpc) is 3.51. The Morgan fingerprint density at radius 2 is 0.971 bits per heavy atom. The lowest BCUT2D eigenvalue weighted by Crippen LogP contribution is -2.20. The molecule has 3 aromatic rings. The van der Waals surface area contributed by atoms with Crippen molar-refractivity contribution < 1.29 is 9.47 Å². The third kappa shape index (κ3) is 4.35. The Morgan fingerprint density at radius 3 is 1.35 bits per heavy atom. The molecule has 3 heterocycles. The molecule has 0 saturated carbocycles. The van der Waals surface area contributed by atoms with E-state index in [1.54, 1.807) is 0 Å². The number of benzene rings is 2. The van der Waals surface area contributed by atoms with Crippen LogP contribution in [0.3, 0.4) is 0 Å². The highest BCUT2D eigenvalue weighted by molar-refractivity contribution is 5.97. The minimum atomic E-state index is -0.116. The van der Waals surface area contributed by atoms with Crippen molar-refractivity contribution in [1.29, 1.82) is 0 Å². The largest absolute Gasteiger partial charge is 0.466 e. The molecule has 0 unspecified atom stereocenters. The molecule has 2 aromatic carbocycles. The molecule has 0 amide bonds. The fraction of sp³-hybridized carbons (Fsp3) is 0.345. The van der Waals surface area contributed by atoms with Crippen LogP contribution < -0.4 is 0 Å². The molecule has 0 N–H and O–H groups in total. The summed E-state index contributed by atoms with van der Waals surface area (Å²) >= 11 is 0. The summed E-state index contributed by atoms with van der Waals surface area (Å²) in [6.45, 7) is 8.71. The molecule has 0 saturated heterocycles. The van der Waals surface area contributed by atoms with E-state index >= 15 is 0 Å². The predicted octanol–water partition coefficient (Wildman–Crippen LogP) is 6.17. The molecule has 0 aliphatic carbocycles. The van der Waals surface area contributed by atoms with Gasteiger partial charge in [-0.1, -0.05) is 94.4 Å². The second-order valence-corrected chi connectivity index (χ2v) is 9.64. The number of pyridine rings is 1. The van der Waals surface area contributed by atoms with Crippen molar-refractivity contribution in [3.05, 3.63) is 101 Å². The van der Waals surface area contributed by atoms with Gasteiger partial charge in [0.25, 0.3) is 0 Å². The summed E-state index contributed by atoms with van der Waals surface area (Å²) in [4.78, 5) is 14.7. The van der Waals surface area contributed by atoms with Crippen molar-refractivity contribution in [2.75, 3.05) is 0 Å². The van der Waals surface area contributed by atoms with Crippen LogP contribution in [0.15, 0.2) is 88.8 Å². The lowest BCUT2D eigenvalue weighted by atomic mass is 9.94. The monoisotopic (exact) mass is 453 g/mol. The number of nitrogens with zero attached hydrogens (tertiary/aromatic N) is 3. The lowest BCUT2D eigenvalue weighted by molar-refractivity contribution is 0.174. The highest BCUT2D eigenvalue weighted by atomic mass is 16.5. The van der Waals surface area contributed by atoms with Gasteiger partial charge in [-0.3, -0.25) is 0 Å². The van der Waals surface area contributed by atoms with E-state index in [2.05, 4.69) is 52.0 Å². The molecule has 2 aliphatic rings. The molecule has 0 fully saturated rings. The van der Waals surface area contributed by atoms with Crippen LogP contribution in [0.4, 0.5) is 0 Å². The topological polar surface area (TPSA) is 56.1 Å². The quantitative estimate of drug-likeness (QED) is 0.449. The van der Waals surface area contributed by atoms with E-state index in [1.807, 2.05) is 54.6 Å². The van der Waals surface area contributed by atoms with E-state index in [0.29, 0.717) is 35.0 Å². The Balaban J connectivity index is 1.43. The van der Waals surface area contributed by atoms with Gasteiger partial charge in [0.05, 0.1) is 12.1 Å². The van der Waals surface area contributed by atoms with Crippen LogP contribution in [-0.2, 0) is 9.47 Å². The summed E-state index contributed by atoms with van der Waals surface area (Å²) in [5.41, 5.74) is 3.67. The van der Waals surface area contributed by atoms with Crippen LogP contribution >= 0.6 is 0 Å². The molecule has 2 aliphatic heterocycles. The van der Waals surface area contributed by atoms with Crippen molar-refractivity contribution in [2.24, 2.45) is 21.8 Å². The molecule has 174 valence electrons. The summed E-state index contributed by atoms with van der Waals surface area (Å²) in [5.74, 6) is 1.83. The van der Waals surface area contributed by atoms with Gasteiger partial charge in [0.1, 0.15) is 23.6 Å². The van der Waals surface area contributed by atoms with Gasteiger partial charge in [-0.15, -0.1) is 0 Å². The van der Waals surface area contributed by atoms with E-state index in [9.17, 15) is 0 Å². The third-order valence-electron chi connectivity index (χ3n) is 6.44. The number of ether oxygens (including phenoxy) is 2. The van der Waals surface area contributed by atoms with Crippen molar-refractivity contribution in [2.45, 2.75) is 52.0 Å². The minimum absolute atomic E-state index is 0.0377. The molecule has 1 aromatic heterocycles. The van der Waals surface area contributed by atoms with Crippen LogP contribution in [0, 0.1) is 11.8 Å². The Hall–Kier alpha value is -3.47. The minimum Gasteiger partial charge on any atom is -0.466 e. The zero-order valence-electron chi connectivity index (χ0n) is 20.1. The molecule has 0 radical (unpaired) electrons. The summed E-state index contributed by atoms with van der Waals surface area (Å²) in [5, 5.41) is 0. The van der Waals surface area contributed by atoms with Crippen LogP contribution in [0.2, 0.25) is 0 Å². The molecule has 5 heteroatoms. The second-order valence-electron chi connectivity index (χ2n) is 9.64. The zero-order valence-corrected chi connectivity index (χ0v) is 20.1. The molecular formula is C29H31N3O2. The van der Waals surface area contributed by atoms with Crippen LogP contribution in [0.1, 0.15) is 62.4 Å². The first-order valence-electron chi connectivity index (χ1n) is 12.1. The van der Waals surface area contributed by atoms with Crippen LogP contribution in [0.25, 0.3) is 0 Å². The Morgan fingerprint density at radius 1 is 0.559 bits per heavy atom. The average molecular weight is 454 g/mol. The van der Waals surface area contributed by atoms with Gasteiger partial charge in [-0.05, 0) is 35.1 Å². The van der Waals surface area contributed by atoms with E-state index in [0.717, 1.165) is 11.1 Å². The molecule has 0 bridgehead atoms. The summed E-state index contributed by atoms with van der Waals surface area (Å²) in [6.07, 6.45) is -0.232. The van der Waals surface area contributed by atoms with Crippen LogP contribution in [0.5, 0.6) is 0 Å². The highest BCUT2D eigenvalue weighted by Crippen LogP contribution is 2.36. The molecule has 0 spiro atoms. The van der Waals surface area contributed by atoms with Gasteiger partial charge >= 0.3 is 0 Å². The zero-order chi connectivity index (χ0) is 23.7. The fourth-order valence-corrected chi connectivity index (χ4v) is 4.59. The number of hydrogen-bond donors (Lipinski definition) is 0. The number of aliphatic imine (C=N–C) groups is 2. The fourth-order valence-electron chi connectivity index (χ4n) is 4.59. The smallest absolute Gasteiger partial charge is 0.236 e. The first-order chi connectivity index (χ1) is 16.5. The maximum atomic E-state index is 6.38. The van der Waals surface area contributed by atoms with E-state index in [1.165, 1.54) is 0 Å². The molecular weight excluding hydrogens is 422 g/mol. The van der Waals surface area contributed by atoms with Crippen LogP contribution in [-0.4, -0.2) is 28.9 Å². The Labute approximate surface area is 201 Å². The van der Waals surface area contributed by atoms with Gasteiger partial charge in [-0.2, -0.15) is 0 Å². The predicted molar refractivity (Wildman–Crippen MR) is 135 cm³/mol. The summed E-state index contributed by atoms with van der Waals surface area (Å²) in [6, 6.07) is 26.5. The van der Waals surface area contributed by atoms with Crippen molar-refractivity contribution in [3.63, 3.8) is 0 Å². The highest BCUT2D eigenvalue weighted by Gasteiger charge is 2.37. The number of hydrogen-bond acceptors (Lipinski definition) is 5. The van der Waals surface area contributed by atoms with E-state index in [4.69, 9.17) is 24.4 Å². The Bertz CT molecular complexity index is 1100. The van der Waals surface area contributed by atoms with Gasteiger partial charge in [-0.25, -0.2) is 15.0 Å². The van der Waals surface area contributed by atoms with E-state index < -0.39 is 0 Å². The third-order valence-corrected chi connectivity index (χ3v) is 6.44. The summed E-state index contributed by atoms with van der Waals surface area (Å²) < 4.78 is 12.8. The van der Waals surface area contributed by atoms with Crippen molar-refractivity contribution >= 4 is 11.8 Å². The maximum absolute atomic E-state index is 6.38. The first-order valence-corrected chi connectivity index (χ1v) is 12.1. The molecule has 5 rings (SSSR count). The van der Waals surface area contributed by atoms with Gasteiger partial charge in [0.15, 0.2) is 0 Å². The SMILES string of the molecule is CC(C)[C@@H]1N=C(c2cccc(C3=N[C@@H](C(C)C)[C@@H](c4ccccc4)O3)n2)O[C@@H]1c1ccccc1. The van der Waals surface area contributed by atoms with E-state index in [-0.39, 0.29) is 24.3 Å². The number of aromatic nitrogens is 1.